The van der Waals surface area contributed by atoms with E-state index < -0.39 is 8.37 Å². The SMILES string of the molecule is COc1ccccc1CN1CCN2CCN(Cc3cccc4ccccc34)P1N([C@@H](C)c1ccccc1)CC2. The topological polar surface area (TPSA) is 22.2 Å². The van der Waals surface area contributed by atoms with E-state index in [2.05, 4.69) is 123 Å². The average Bonchev–Trinajstić information content (AvgIpc) is 2.96. The van der Waals surface area contributed by atoms with E-state index in [-0.39, 0.29) is 0 Å². The molecule has 2 bridgehead atoms. The summed E-state index contributed by atoms with van der Waals surface area (Å²) in [6, 6.07) is 35.5. The Balaban J connectivity index is 1.42. The van der Waals surface area contributed by atoms with Crippen molar-refractivity contribution in [3.05, 3.63) is 114 Å². The number of ether oxygens (including phenoxy) is 1. The van der Waals surface area contributed by atoms with Crippen LogP contribution < -0.4 is 4.74 Å². The maximum absolute atomic E-state index is 5.80. The van der Waals surface area contributed by atoms with E-state index in [0.29, 0.717) is 6.04 Å². The molecule has 3 aliphatic rings. The minimum Gasteiger partial charge on any atom is -0.496 e. The normalized spacial score (nSPS) is 21.8. The predicted molar refractivity (Wildman–Crippen MR) is 163 cm³/mol. The van der Waals surface area contributed by atoms with Crippen molar-refractivity contribution in [2.45, 2.75) is 26.1 Å². The van der Waals surface area contributed by atoms with Crippen molar-refractivity contribution in [1.82, 2.24) is 18.9 Å². The van der Waals surface area contributed by atoms with Gasteiger partial charge in [0, 0.05) is 64.0 Å². The van der Waals surface area contributed by atoms with Gasteiger partial charge in [-0.25, -0.2) is 4.67 Å². The Bertz CT molecular complexity index is 1380. The molecule has 0 aromatic heterocycles. The Kier molecular flexibility index (Phi) is 8.24. The molecule has 3 fully saturated rings. The summed E-state index contributed by atoms with van der Waals surface area (Å²) in [7, 11) is 1.06. The molecule has 202 valence electrons. The summed E-state index contributed by atoms with van der Waals surface area (Å²) < 4.78 is 14.1. The summed E-state index contributed by atoms with van der Waals surface area (Å²) in [6.07, 6.45) is 0. The van der Waals surface area contributed by atoms with Crippen LogP contribution in [0.2, 0.25) is 0 Å². The first kappa shape index (κ1) is 26.4. The van der Waals surface area contributed by atoms with Crippen LogP contribution in [0, 0.1) is 0 Å². The highest BCUT2D eigenvalue weighted by molar-refractivity contribution is 7.50. The quantitative estimate of drug-likeness (QED) is 0.242. The summed E-state index contributed by atoms with van der Waals surface area (Å²) in [5.74, 6) is 0.978. The van der Waals surface area contributed by atoms with E-state index in [1.165, 1.54) is 27.5 Å². The molecule has 0 amide bonds. The van der Waals surface area contributed by atoms with Crippen molar-refractivity contribution >= 4 is 19.1 Å². The van der Waals surface area contributed by atoms with Crippen LogP contribution in [0.4, 0.5) is 0 Å². The van der Waals surface area contributed by atoms with Crippen LogP contribution in [0.3, 0.4) is 0 Å². The maximum Gasteiger partial charge on any atom is 0.123 e. The molecular formula is C33H39N4OP. The molecule has 39 heavy (non-hydrogen) atoms. The zero-order valence-corrected chi connectivity index (χ0v) is 24.0. The van der Waals surface area contributed by atoms with Crippen LogP contribution >= 0.6 is 8.37 Å². The maximum atomic E-state index is 5.80. The summed E-state index contributed by atoms with van der Waals surface area (Å²) in [5, 5.41) is 2.69. The van der Waals surface area contributed by atoms with Gasteiger partial charge in [0.1, 0.15) is 14.1 Å². The van der Waals surface area contributed by atoms with E-state index in [9.17, 15) is 0 Å². The number of benzene rings is 4. The van der Waals surface area contributed by atoms with Gasteiger partial charge in [-0.15, -0.1) is 0 Å². The number of hydrogen-bond donors (Lipinski definition) is 0. The molecule has 0 radical (unpaired) electrons. The van der Waals surface area contributed by atoms with Gasteiger partial charge in [0.2, 0.25) is 0 Å². The lowest BCUT2D eigenvalue weighted by Gasteiger charge is -2.52. The third-order valence-electron chi connectivity index (χ3n) is 8.24. The van der Waals surface area contributed by atoms with Crippen molar-refractivity contribution in [3.8, 4) is 5.75 Å². The van der Waals surface area contributed by atoms with Gasteiger partial charge >= 0.3 is 0 Å². The number of rotatable bonds is 7. The van der Waals surface area contributed by atoms with Crippen molar-refractivity contribution in [1.29, 1.82) is 0 Å². The lowest BCUT2D eigenvalue weighted by atomic mass is 10.0. The molecule has 7 rings (SSSR count). The van der Waals surface area contributed by atoms with Crippen molar-refractivity contribution in [2.24, 2.45) is 0 Å². The second kappa shape index (κ2) is 12.2. The number of fused-ring (bicyclic) bond motifs is 7. The molecule has 3 aliphatic heterocycles. The first-order chi connectivity index (χ1) is 19.2. The van der Waals surface area contributed by atoms with Gasteiger partial charge in [-0.1, -0.05) is 91.0 Å². The summed E-state index contributed by atoms with van der Waals surface area (Å²) in [4.78, 5) is 2.67. The van der Waals surface area contributed by atoms with Crippen LogP contribution in [0.1, 0.15) is 29.7 Å². The second-order valence-electron chi connectivity index (χ2n) is 10.6. The van der Waals surface area contributed by atoms with Crippen LogP contribution in [-0.2, 0) is 13.1 Å². The van der Waals surface area contributed by atoms with Crippen LogP contribution in [0.15, 0.2) is 97.1 Å². The van der Waals surface area contributed by atoms with Gasteiger partial charge in [-0.3, -0.25) is 14.2 Å². The van der Waals surface area contributed by atoms with Crippen LogP contribution in [0.25, 0.3) is 10.8 Å². The van der Waals surface area contributed by atoms with Gasteiger partial charge in [-0.2, -0.15) is 0 Å². The fraction of sp³-hybridized carbons (Fsp3) is 0.333. The fourth-order valence-corrected chi connectivity index (χ4v) is 8.87. The monoisotopic (exact) mass is 538 g/mol. The summed E-state index contributed by atoms with van der Waals surface area (Å²) in [6.45, 7) is 10.8. The Morgan fingerprint density at radius 2 is 1.28 bits per heavy atom. The van der Waals surface area contributed by atoms with Gasteiger partial charge < -0.3 is 4.74 Å². The first-order valence-corrected chi connectivity index (χ1v) is 15.3. The smallest absolute Gasteiger partial charge is 0.123 e. The van der Waals surface area contributed by atoms with E-state index in [0.717, 1.165) is 58.1 Å². The summed E-state index contributed by atoms with van der Waals surface area (Å²) >= 11 is 0. The Labute approximate surface area is 234 Å². The summed E-state index contributed by atoms with van der Waals surface area (Å²) in [5.41, 5.74) is 4.07. The number of nitrogens with zero attached hydrogens (tertiary/aromatic N) is 4. The highest BCUT2D eigenvalue weighted by Crippen LogP contribution is 2.54. The number of hydrogen-bond acceptors (Lipinski definition) is 5. The van der Waals surface area contributed by atoms with Crippen LogP contribution in [0.5, 0.6) is 5.75 Å². The molecule has 5 nitrogen and oxygen atoms in total. The minimum absolute atomic E-state index is 0.325. The Morgan fingerprint density at radius 1 is 0.667 bits per heavy atom. The first-order valence-electron chi connectivity index (χ1n) is 14.1. The lowest BCUT2D eigenvalue weighted by molar-refractivity contribution is 0.148. The highest BCUT2D eigenvalue weighted by Gasteiger charge is 2.39. The minimum atomic E-state index is -0.733. The molecule has 3 saturated heterocycles. The zero-order valence-electron chi connectivity index (χ0n) is 23.1. The molecule has 0 N–H and O–H groups in total. The molecule has 2 unspecified atom stereocenters. The number of para-hydroxylation sites is 1. The largest absolute Gasteiger partial charge is 0.496 e. The van der Waals surface area contributed by atoms with Gasteiger partial charge in [-0.05, 0) is 34.9 Å². The Hall–Kier alpha value is -2.79. The van der Waals surface area contributed by atoms with E-state index in [1.807, 2.05) is 0 Å². The van der Waals surface area contributed by atoms with E-state index in [1.54, 1.807) is 7.11 Å². The highest BCUT2D eigenvalue weighted by atomic mass is 31.2. The second-order valence-corrected chi connectivity index (χ2v) is 12.8. The third-order valence-corrected chi connectivity index (χ3v) is 10.9. The lowest BCUT2D eigenvalue weighted by Crippen LogP contribution is -2.52. The standard InChI is InChI=1S/C33H39N4OP/c1-27(28-11-4-3-5-12-28)37-24-21-34-19-22-35(25-30-16-10-15-29-13-6-8-17-32(29)30)39(37)36(23-20-34)26-31-14-7-9-18-33(31)38-2/h3-18,27H,19-26H2,1-2H3/t27-,39?/m0/s1. The molecule has 4 aromatic rings. The van der Waals surface area contributed by atoms with Crippen molar-refractivity contribution in [3.63, 3.8) is 0 Å². The molecule has 0 aliphatic carbocycles. The van der Waals surface area contributed by atoms with Crippen molar-refractivity contribution in [2.75, 3.05) is 46.4 Å². The third kappa shape index (κ3) is 5.75. The molecule has 0 spiro atoms. The molecular weight excluding hydrogens is 499 g/mol. The predicted octanol–water partition coefficient (Wildman–Crippen LogP) is 6.77. The number of methoxy groups -OCH3 is 1. The van der Waals surface area contributed by atoms with Gasteiger partial charge in [0.15, 0.2) is 0 Å². The average molecular weight is 539 g/mol. The van der Waals surface area contributed by atoms with Gasteiger partial charge in [0.25, 0.3) is 0 Å². The van der Waals surface area contributed by atoms with Gasteiger partial charge in [0.05, 0.1) is 7.11 Å². The molecule has 4 aromatic carbocycles. The molecule has 0 saturated carbocycles. The van der Waals surface area contributed by atoms with E-state index >= 15 is 0 Å². The zero-order chi connectivity index (χ0) is 26.6. The van der Waals surface area contributed by atoms with Crippen molar-refractivity contribution < 1.29 is 4.74 Å². The van der Waals surface area contributed by atoms with E-state index in [4.69, 9.17) is 4.74 Å². The molecule has 6 heteroatoms. The van der Waals surface area contributed by atoms with Crippen LogP contribution in [-0.4, -0.2) is 65.3 Å². The molecule has 3 atom stereocenters. The fourth-order valence-electron chi connectivity index (χ4n) is 6.06. The molecule has 3 heterocycles. The Morgan fingerprint density at radius 3 is 2.08 bits per heavy atom.